The van der Waals surface area contributed by atoms with Crippen molar-refractivity contribution in [2.45, 2.75) is 18.9 Å². The Bertz CT molecular complexity index is 1140. The normalized spacial score (nSPS) is 17.6. The van der Waals surface area contributed by atoms with E-state index in [0.717, 1.165) is 65.9 Å². The van der Waals surface area contributed by atoms with E-state index in [1.165, 1.54) is 0 Å². The van der Waals surface area contributed by atoms with Crippen LogP contribution >= 0.6 is 36.2 Å². The van der Waals surface area contributed by atoms with Crippen LogP contribution in [0.15, 0.2) is 30.3 Å². The lowest BCUT2D eigenvalue weighted by molar-refractivity contribution is 0.0485. The van der Waals surface area contributed by atoms with Crippen molar-refractivity contribution in [3.05, 3.63) is 30.3 Å². The van der Waals surface area contributed by atoms with Crippen LogP contribution in [0.3, 0.4) is 0 Å². The lowest BCUT2D eigenvalue weighted by Crippen LogP contribution is -2.44. The molecule has 2 aliphatic heterocycles. The molecule has 36 heavy (non-hydrogen) atoms. The third kappa shape index (κ3) is 5.96. The molecule has 5 rings (SSSR count). The summed E-state index contributed by atoms with van der Waals surface area (Å²) < 4.78 is 29.5. The molecule has 3 aromatic rings. The molecule has 8 nitrogen and oxygen atoms in total. The van der Waals surface area contributed by atoms with E-state index in [2.05, 4.69) is 10.2 Å². The van der Waals surface area contributed by atoms with Crippen molar-refractivity contribution in [2.75, 3.05) is 59.4 Å². The molecule has 0 saturated carbocycles. The van der Waals surface area contributed by atoms with Gasteiger partial charge < -0.3 is 29.0 Å². The fourth-order valence-electron chi connectivity index (χ4n) is 4.65. The topological polar surface area (TPSA) is 74.3 Å². The van der Waals surface area contributed by atoms with Gasteiger partial charge in [0.15, 0.2) is 28.1 Å². The van der Waals surface area contributed by atoms with Crippen LogP contribution in [0.25, 0.3) is 10.2 Å². The average molecular weight is 559 g/mol. The van der Waals surface area contributed by atoms with Crippen LogP contribution in [0.2, 0.25) is 0 Å². The summed E-state index contributed by atoms with van der Waals surface area (Å²) in [5.74, 6) is 4.17. The number of para-hydroxylation sites is 2. The van der Waals surface area contributed by atoms with E-state index in [1.807, 2.05) is 30.3 Å². The summed E-state index contributed by atoms with van der Waals surface area (Å²) in [5.41, 5.74) is 0.841. The summed E-state index contributed by atoms with van der Waals surface area (Å²) in [6.45, 7) is 4.54. The number of hydrogen-bond donors (Lipinski definition) is 1. The van der Waals surface area contributed by atoms with Crippen molar-refractivity contribution < 1.29 is 23.7 Å². The van der Waals surface area contributed by atoms with Gasteiger partial charge in [0.25, 0.3) is 0 Å². The van der Waals surface area contributed by atoms with Crippen LogP contribution < -0.4 is 29.0 Å². The van der Waals surface area contributed by atoms with Gasteiger partial charge in [0, 0.05) is 19.2 Å². The Morgan fingerprint density at radius 3 is 2.44 bits per heavy atom. The summed E-state index contributed by atoms with van der Waals surface area (Å²) in [4.78, 5) is 7.24. The second-order valence-electron chi connectivity index (χ2n) is 8.64. The number of halogens is 2. The van der Waals surface area contributed by atoms with Gasteiger partial charge in [0.2, 0.25) is 5.75 Å². The summed E-state index contributed by atoms with van der Waals surface area (Å²) in [5, 5.41) is 4.43. The number of thiazole rings is 1. The maximum atomic E-state index is 6.13. The highest BCUT2D eigenvalue weighted by molar-refractivity contribution is 7.22. The molecule has 1 atom stereocenters. The molecule has 0 spiro atoms. The van der Waals surface area contributed by atoms with Gasteiger partial charge >= 0.3 is 0 Å². The number of nitrogens with zero attached hydrogens (tertiary/aromatic N) is 2. The number of piperidine rings is 1. The number of fused-ring (bicyclic) bond motifs is 2. The molecule has 0 amide bonds. The molecule has 0 radical (unpaired) electrons. The summed E-state index contributed by atoms with van der Waals surface area (Å²) in [6, 6.07) is 9.78. The van der Waals surface area contributed by atoms with Crippen LogP contribution in [0.4, 0.5) is 5.13 Å². The van der Waals surface area contributed by atoms with Gasteiger partial charge in [0.05, 0.1) is 26.8 Å². The lowest BCUT2D eigenvalue weighted by Gasteiger charge is -2.35. The van der Waals surface area contributed by atoms with E-state index in [9.17, 15) is 0 Å². The van der Waals surface area contributed by atoms with Crippen LogP contribution in [-0.4, -0.2) is 70.1 Å². The van der Waals surface area contributed by atoms with Gasteiger partial charge in [-0.1, -0.05) is 23.5 Å². The first-order valence-corrected chi connectivity index (χ1v) is 12.4. The van der Waals surface area contributed by atoms with Crippen LogP contribution in [0.5, 0.6) is 28.7 Å². The highest BCUT2D eigenvalue weighted by Gasteiger charge is 2.26. The SMILES string of the molecule is COc1cc2nc(NCC3CCN(C[C@H]4COc5ccccc5O4)CC3)sc2c(OC)c1OC.Cl.Cl. The minimum Gasteiger partial charge on any atom is -0.493 e. The molecule has 3 heterocycles. The number of hydrogen-bond acceptors (Lipinski definition) is 9. The third-order valence-electron chi connectivity index (χ3n) is 6.46. The van der Waals surface area contributed by atoms with E-state index in [4.69, 9.17) is 28.7 Å². The maximum Gasteiger partial charge on any atom is 0.204 e. The van der Waals surface area contributed by atoms with E-state index in [-0.39, 0.29) is 30.9 Å². The summed E-state index contributed by atoms with van der Waals surface area (Å²) in [7, 11) is 4.87. The molecule has 1 fully saturated rings. The smallest absolute Gasteiger partial charge is 0.204 e. The molecule has 2 aromatic carbocycles. The lowest BCUT2D eigenvalue weighted by atomic mass is 9.96. The first-order chi connectivity index (χ1) is 16.7. The first kappa shape index (κ1) is 28.2. The van der Waals surface area contributed by atoms with Crippen LogP contribution in [-0.2, 0) is 0 Å². The third-order valence-corrected chi connectivity index (χ3v) is 7.49. The Morgan fingerprint density at radius 2 is 1.75 bits per heavy atom. The maximum absolute atomic E-state index is 6.13. The zero-order valence-electron chi connectivity index (χ0n) is 20.7. The van der Waals surface area contributed by atoms with Crippen molar-refractivity contribution >= 4 is 51.5 Å². The minimum atomic E-state index is 0. The van der Waals surface area contributed by atoms with Gasteiger partial charge in [0.1, 0.15) is 17.4 Å². The molecule has 1 N–H and O–H groups in total. The second kappa shape index (κ2) is 12.8. The zero-order chi connectivity index (χ0) is 23.5. The standard InChI is InChI=1S/C25H31N3O5S.2ClH/c1-29-21-12-18-24(23(31-3)22(21)30-2)34-25(27-18)26-13-16-8-10-28(11-9-16)14-17-15-32-19-6-4-5-7-20(19)33-17;;/h4-7,12,16-17H,8-11,13-15H2,1-3H3,(H,26,27);2*1H/t17-;;/m0../s1. The van der Waals surface area contributed by atoms with Crippen molar-refractivity contribution in [3.63, 3.8) is 0 Å². The summed E-state index contributed by atoms with van der Waals surface area (Å²) in [6.07, 6.45) is 2.37. The monoisotopic (exact) mass is 557 g/mol. The number of ether oxygens (including phenoxy) is 5. The molecular weight excluding hydrogens is 525 g/mol. The average Bonchev–Trinajstić information content (AvgIpc) is 3.29. The number of benzene rings is 2. The fraction of sp³-hybridized carbons (Fsp3) is 0.480. The molecule has 0 aliphatic carbocycles. The van der Waals surface area contributed by atoms with Crippen molar-refractivity contribution in [2.24, 2.45) is 5.92 Å². The largest absolute Gasteiger partial charge is 0.493 e. The quantitative estimate of drug-likeness (QED) is 0.408. The second-order valence-corrected chi connectivity index (χ2v) is 9.63. The number of anilines is 1. The molecule has 1 saturated heterocycles. The van der Waals surface area contributed by atoms with E-state index >= 15 is 0 Å². The van der Waals surface area contributed by atoms with Crippen molar-refractivity contribution in [3.8, 4) is 28.7 Å². The van der Waals surface area contributed by atoms with Gasteiger partial charge in [-0.15, -0.1) is 24.8 Å². The van der Waals surface area contributed by atoms with Gasteiger partial charge in [-0.3, -0.25) is 4.90 Å². The Morgan fingerprint density at radius 1 is 1.03 bits per heavy atom. The summed E-state index contributed by atoms with van der Waals surface area (Å²) >= 11 is 1.58. The number of nitrogens with one attached hydrogen (secondary N) is 1. The predicted molar refractivity (Wildman–Crippen MR) is 148 cm³/mol. The van der Waals surface area contributed by atoms with Crippen LogP contribution in [0, 0.1) is 5.92 Å². The molecule has 0 bridgehead atoms. The number of rotatable bonds is 8. The molecule has 198 valence electrons. The first-order valence-electron chi connectivity index (χ1n) is 11.6. The number of likely N-dealkylation sites (tertiary alicyclic amines) is 1. The Balaban J connectivity index is 0.00000180. The molecule has 2 aliphatic rings. The van der Waals surface area contributed by atoms with E-state index in [1.54, 1.807) is 32.7 Å². The van der Waals surface area contributed by atoms with Gasteiger partial charge in [-0.25, -0.2) is 4.98 Å². The van der Waals surface area contributed by atoms with Crippen LogP contribution in [0.1, 0.15) is 12.8 Å². The predicted octanol–water partition coefficient (Wildman–Crippen LogP) is 5.13. The highest BCUT2D eigenvalue weighted by Crippen LogP contribution is 2.46. The van der Waals surface area contributed by atoms with Gasteiger partial charge in [-0.2, -0.15) is 0 Å². The fourth-order valence-corrected chi connectivity index (χ4v) is 5.62. The van der Waals surface area contributed by atoms with E-state index < -0.39 is 0 Å². The minimum absolute atomic E-state index is 0. The highest BCUT2D eigenvalue weighted by atomic mass is 35.5. The number of methoxy groups -OCH3 is 3. The van der Waals surface area contributed by atoms with Crippen molar-refractivity contribution in [1.29, 1.82) is 0 Å². The Hall–Kier alpha value is -2.33. The molecule has 11 heteroatoms. The molecule has 0 unspecified atom stereocenters. The van der Waals surface area contributed by atoms with Crippen molar-refractivity contribution in [1.82, 2.24) is 9.88 Å². The Kier molecular flexibility index (Phi) is 10.0. The van der Waals surface area contributed by atoms with E-state index in [0.29, 0.717) is 29.8 Å². The molecular formula is C25H33Cl2N3O5S. The Labute approximate surface area is 228 Å². The number of aromatic nitrogens is 1. The van der Waals surface area contributed by atoms with Gasteiger partial charge in [-0.05, 0) is 44.0 Å². The molecule has 1 aromatic heterocycles. The zero-order valence-corrected chi connectivity index (χ0v) is 23.1.